The van der Waals surface area contributed by atoms with Crippen LogP contribution in [0, 0.1) is 10.1 Å². The van der Waals surface area contributed by atoms with Gasteiger partial charge in [0.05, 0.1) is 33.6 Å². The third-order valence-corrected chi connectivity index (χ3v) is 6.21. The summed E-state index contributed by atoms with van der Waals surface area (Å²) in [4.78, 5) is 52.1. The van der Waals surface area contributed by atoms with Crippen LogP contribution >= 0.6 is 22.7 Å². The Hall–Kier alpha value is -3.84. The Morgan fingerprint density at radius 3 is 2.84 bits per heavy atom. The summed E-state index contributed by atoms with van der Waals surface area (Å²) in [6.07, 6.45) is 0. The summed E-state index contributed by atoms with van der Waals surface area (Å²) in [6, 6.07) is 7.52. The first kappa shape index (κ1) is 21.4. The summed E-state index contributed by atoms with van der Waals surface area (Å²) in [5, 5.41) is 18.4. The molecule has 13 heteroatoms. The number of non-ortho nitro benzene ring substituents is 1. The second-order valence-corrected chi connectivity index (χ2v) is 8.65. The van der Waals surface area contributed by atoms with Gasteiger partial charge in [0.2, 0.25) is 11.8 Å². The fraction of sp³-hybridized carbons (Fsp3) is 0.158. The molecule has 0 fully saturated rings. The molecule has 0 radical (unpaired) electrons. The van der Waals surface area contributed by atoms with E-state index >= 15 is 0 Å². The molecule has 2 N–H and O–H groups in total. The second-order valence-electron chi connectivity index (χ2n) is 6.63. The number of carbonyl (C=O) groups excluding carboxylic acids is 2. The van der Waals surface area contributed by atoms with Crippen LogP contribution in [0.5, 0.6) is 0 Å². The van der Waals surface area contributed by atoms with Crippen molar-refractivity contribution in [2.24, 2.45) is 0 Å². The lowest BCUT2D eigenvalue weighted by atomic mass is 10.3. The monoisotopic (exact) mass is 473 g/mol. The van der Waals surface area contributed by atoms with Gasteiger partial charge in [0.25, 0.3) is 5.69 Å². The largest absolute Gasteiger partial charge is 0.420 e. The Balaban J connectivity index is 1.45. The van der Waals surface area contributed by atoms with Crippen LogP contribution in [0.15, 0.2) is 44.9 Å². The number of thiophene rings is 1. The van der Waals surface area contributed by atoms with Crippen molar-refractivity contribution in [2.75, 3.05) is 5.32 Å². The number of thiazole rings is 1. The second kappa shape index (κ2) is 8.72. The predicted octanol–water partition coefficient (Wildman–Crippen LogP) is 2.96. The number of rotatable bonds is 7. The molecule has 0 aliphatic rings. The molecule has 0 bridgehead atoms. The smallest absolute Gasteiger partial charge is 0.407 e. The van der Waals surface area contributed by atoms with Crippen LogP contribution in [0.3, 0.4) is 0 Å². The molecule has 164 valence electrons. The lowest BCUT2D eigenvalue weighted by Crippen LogP contribution is -2.24. The molecule has 1 aromatic carbocycles. The van der Waals surface area contributed by atoms with Crippen LogP contribution < -0.4 is 16.4 Å². The number of carbonyl (C=O) groups is 2. The molecule has 32 heavy (non-hydrogen) atoms. The van der Waals surface area contributed by atoms with Crippen LogP contribution in [0.1, 0.15) is 11.8 Å². The summed E-state index contributed by atoms with van der Waals surface area (Å²) in [5.41, 5.74) is 0.775. The summed E-state index contributed by atoms with van der Waals surface area (Å²) >= 11 is 2.72. The van der Waals surface area contributed by atoms with Crippen molar-refractivity contribution in [1.29, 1.82) is 0 Å². The Labute approximate surface area is 187 Å². The first-order valence-corrected chi connectivity index (χ1v) is 10.9. The van der Waals surface area contributed by atoms with E-state index < -0.39 is 16.6 Å². The van der Waals surface area contributed by atoms with Gasteiger partial charge in [0, 0.05) is 23.2 Å². The lowest BCUT2D eigenvalue weighted by Gasteiger charge is -2.02. The highest BCUT2D eigenvalue weighted by Gasteiger charge is 2.17. The highest BCUT2D eigenvalue weighted by molar-refractivity contribution is 7.17. The fourth-order valence-electron chi connectivity index (χ4n) is 2.89. The minimum absolute atomic E-state index is 0.0290. The van der Waals surface area contributed by atoms with Gasteiger partial charge in [-0.1, -0.05) is 0 Å². The summed E-state index contributed by atoms with van der Waals surface area (Å²) in [5.74, 6) is -1.39. The number of nitrogens with one attached hydrogen (secondary N) is 2. The van der Waals surface area contributed by atoms with Crippen molar-refractivity contribution in [3.8, 4) is 10.6 Å². The molecule has 0 unspecified atom stereocenters. The van der Waals surface area contributed by atoms with Crippen molar-refractivity contribution < 1.29 is 18.9 Å². The SMILES string of the molecule is CC(=O)NCc1ccc(-c2csc(NC(=O)Cn3c(=O)oc4cc([N+](=O)[O-])ccc43)n2)s1. The molecular weight excluding hydrogens is 458 g/mol. The van der Waals surface area contributed by atoms with E-state index in [0.29, 0.717) is 17.4 Å². The molecule has 11 nitrogen and oxygen atoms in total. The van der Waals surface area contributed by atoms with E-state index in [1.54, 1.807) is 5.38 Å². The van der Waals surface area contributed by atoms with Gasteiger partial charge in [-0.3, -0.25) is 24.3 Å². The third kappa shape index (κ3) is 4.58. The molecule has 0 spiro atoms. The van der Waals surface area contributed by atoms with Crippen molar-refractivity contribution in [3.05, 3.63) is 61.3 Å². The topological polar surface area (TPSA) is 149 Å². The van der Waals surface area contributed by atoms with E-state index in [-0.39, 0.29) is 29.2 Å². The van der Waals surface area contributed by atoms with E-state index in [9.17, 15) is 24.5 Å². The number of anilines is 1. The van der Waals surface area contributed by atoms with Gasteiger partial charge in [0.1, 0.15) is 6.54 Å². The number of oxazole rings is 1. The predicted molar refractivity (Wildman–Crippen MR) is 119 cm³/mol. The first-order valence-electron chi connectivity index (χ1n) is 9.17. The molecule has 3 heterocycles. The van der Waals surface area contributed by atoms with Gasteiger partial charge < -0.3 is 15.1 Å². The van der Waals surface area contributed by atoms with E-state index in [0.717, 1.165) is 20.4 Å². The van der Waals surface area contributed by atoms with Crippen LogP contribution in [0.2, 0.25) is 0 Å². The van der Waals surface area contributed by atoms with Crippen molar-refractivity contribution in [2.45, 2.75) is 20.0 Å². The van der Waals surface area contributed by atoms with Gasteiger partial charge >= 0.3 is 5.76 Å². The van der Waals surface area contributed by atoms with E-state index in [4.69, 9.17) is 4.42 Å². The number of aromatic nitrogens is 2. The summed E-state index contributed by atoms with van der Waals surface area (Å²) < 4.78 is 6.12. The van der Waals surface area contributed by atoms with Gasteiger partial charge in [-0.25, -0.2) is 9.78 Å². The zero-order chi connectivity index (χ0) is 22.8. The quantitative estimate of drug-likeness (QED) is 0.309. The maximum absolute atomic E-state index is 12.5. The van der Waals surface area contributed by atoms with Gasteiger partial charge in [-0.15, -0.1) is 22.7 Å². The Bertz CT molecular complexity index is 1400. The van der Waals surface area contributed by atoms with E-state index in [2.05, 4.69) is 15.6 Å². The van der Waals surface area contributed by atoms with Gasteiger partial charge in [-0.2, -0.15) is 0 Å². The maximum atomic E-state index is 12.5. The molecule has 3 aromatic heterocycles. The first-order chi connectivity index (χ1) is 15.3. The fourth-order valence-corrected chi connectivity index (χ4v) is 4.60. The minimum atomic E-state index is -0.791. The minimum Gasteiger partial charge on any atom is -0.407 e. The summed E-state index contributed by atoms with van der Waals surface area (Å²) in [6.45, 7) is 1.55. The number of hydrogen-bond acceptors (Lipinski definition) is 9. The number of nitro groups is 1. The average molecular weight is 473 g/mol. The average Bonchev–Trinajstić information content (AvgIpc) is 3.45. The third-order valence-electron chi connectivity index (χ3n) is 4.34. The Morgan fingerprint density at radius 2 is 2.09 bits per heavy atom. The molecule has 0 aliphatic carbocycles. The zero-order valence-corrected chi connectivity index (χ0v) is 18.1. The number of nitro benzene ring substituents is 1. The maximum Gasteiger partial charge on any atom is 0.420 e. The highest BCUT2D eigenvalue weighted by atomic mass is 32.1. The van der Waals surface area contributed by atoms with Gasteiger partial charge in [-0.05, 0) is 18.2 Å². The number of fused-ring (bicyclic) bond motifs is 1. The zero-order valence-electron chi connectivity index (χ0n) is 16.5. The van der Waals surface area contributed by atoms with E-state index in [1.165, 1.54) is 41.7 Å². The molecule has 2 amide bonds. The van der Waals surface area contributed by atoms with Crippen LogP contribution in [0.25, 0.3) is 21.7 Å². The number of benzene rings is 1. The van der Waals surface area contributed by atoms with Gasteiger partial charge in [0.15, 0.2) is 10.7 Å². The van der Waals surface area contributed by atoms with Crippen molar-refractivity contribution >= 4 is 56.4 Å². The Morgan fingerprint density at radius 1 is 1.28 bits per heavy atom. The molecular formula is C19H15N5O6S2. The standard InChI is InChI=1S/C19H15N5O6S2/c1-10(25)20-7-12-3-5-16(32-12)13-9-31-18(21-13)22-17(26)8-23-14-4-2-11(24(28)29)6-15(14)30-19(23)27/h2-6,9H,7-8H2,1H3,(H,20,25)(H,21,22,26). The molecule has 4 rings (SSSR count). The normalized spacial score (nSPS) is 10.9. The number of nitrogens with zero attached hydrogens (tertiary/aromatic N) is 3. The molecule has 4 aromatic rings. The van der Waals surface area contributed by atoms with Crippen molar-refractivity contribution in [3.63, 3.8) is 0 Å². The van der Waals surface area contributed by atoms with Crippen molar-refractivity contribution in [1.82, 2.24) is 14.9 Å². The molecule has 0 atom stereocenters. The highest BCUT2D eigenvalue weighted by Crippen LogP contribution is 2.31. The van der Waals surface area contributed by atoms with Crippen LogP contribution in [0.4, 0.5) is 10.8 Å². The lowest BCUT2D eigenvalue weighted by molar-refractivity contribution is -0.384. The van der Waals surface area contributed by atoms with Crippen LogP contribution in [-0.4, -0.2) is 26.3 Å². The Kier molecular flexibility index (Phi) is 5.83. The van der Waals surface area contributed by atoms with E-state index in [1.807, 2.05) is 12.1 Å². The molecule has 0 saturated carbocycles. The number of amides is 2. The molecule has 0 aliphatic heterocycles. The summed E-state index contributed by atoms with van der Waals surface area (Å²) in [7, 11) is 0. The van der Waals surface area contributed by atoms with Crippen LogP contribution in [-0.2, 0) is 22.7 Å². The number of hydrogen-bond donors (Lipinski definition) is 2. The molecule has 0 saturated heterocycles.